The average Bonchev–Trinajstić information content (AvgIpc) is 2.96. The molecule has 0 radical (unpaired) electrons. The predicted molar refractivity (Wildman–Crippen MR) is 130 cm³/mol. The summed E-state index contributed by atoms with van der Waals surface area (Å²) in [7, 11) is 0. The van der Waals surface area contributed by atoms with Gasteiger partial charge in [-0.1, -0.05) is 48.5 Å². The molecular formula is C27H31N3O5. The quantitative estimate of drug-likeness (QED) is 0.664. The first-order valence-electron chi connectivity index (χ1n) is 12.3. The van der Waals surface area contributed by atoms with Crippen molar-refractivity contribution in [2.24, 2.45) is 0 Å². The molecule has 184 valence electrons. The third-order valence-corrected chi connectivity index (χ3v) is 7.54. The van der Waals surface area contributed by atoms with Crippen LogP contribution in [0.4, 0.5) is 4.79 Å². The Morgan fingerprint density at radius 3 is 2.17 bits per heavy atom. The van der Waals surface area contributed by atoms with Crippen LogP contribution < -0.4 is 5.32 Å². The molecule has 0 aromatic heterocycles. The lowest BCUT2D eigenvalue weighted by molar-refractivity contribution is -0.141. The Morgan fingerprint density at radius 1 is 0.914 bits per heavy atom. The number of carbonyl (C=O) groups is 3. The van der Waals surface area contributed by atoms with E-state index in [4.69, 9.17) is 9.84 Å². The highest BCUT2D eigenvalue weighted by atomic mass is 16.5. The molecule has 2 fully saturated rings. The van der Waals surface area contributed by atoms with Gasteiger partial charge in [0.2, 0.25) is 5.91 Å². The largest absolute Gasteiger partial charge is 0.480 e. The Hall–Kier alpha value is -3.39. The minimum absolute atomic E-state index is 0.0226. The number of carboxylic acid groups (broad SMARTS) is 1. The minimum Gasteiger partial charge on any atom is -0.480 e. The van der Waals surface area contributed by atoms with E-state index in [0.29, 0.717) is 45.4 Å². The number of carbonyl (C=O) groups excluding carboxylic acids is 2. The molecule has 0 bridgehead atoms. The zero-order chi connectivity index (χ0) is 24.4. The lowest BCUT2D eigenvalue weighted by Gasteiger charge is -2.43. The van der Waals surface area contributed by atoms with Crippen molar-refractivity contribution in [2.75, 3.05) is 39.3 Å². The first kappa shape index (κ1) is 23.4. The fourth-order valence-corrected chi connectivity index (χ4v) is 5.58. The van der Waals surface area contributed by atoms with Gasteiger partial charge in [0.05, 0.1) is 6.54 Å². The van der Waals surface area contributed by atoms with E-state index >= 15 is 0 Å². The normalized spacial score (nSPS) is 19.1. The Balaban J connectivity index is 1.22. The lowest BCUT2D eigenvalue weighted by Crippen LogP contribution is -2.64. The van der Waals surface area contributed by atoms with Crippen LogP contribution in [0.2, 0.25) is 0 Å². The van der Waals surface area contributed by atoms with Crippen LogP contribution in [0.3, 0.4) is 0 Å². The number of carboxylic acids is 1. The molecule has 0 atom stereocenters. The number of ether oxygens (including phenoxy) is 1. The number of hydrogen-bond acceptors (Lipinski definition) is 5. The number of amides is 2. The number of alkyl carbamates (subject to hydrolysis) is 1. The number of rotatable bonds is 6. The maximum Gasteiger partial charge on any atom is 0.408 e. The molecule has 1 heterocycles. The fourth-order valence-electron chi connectivity index (χ4n) is 5.58. The smallest absolute Gasteiger partial charge is 0.408 e. The highest BCUT2D eigenvalue weighted by molar-refractivity contribution is 5.91. The van der Waals surface area contributed by atoms with Crippen molar-refractivity contribution < 1.29 is 24.2 Å². The molecule has 1 saturated heterocycles. The molecule has 8 heteroatoms. The molecule has 35 heavy (non-hydrogen) atoms. The number of nitrogens with one attached hydrogen (secondary N) is 1. The molecule has 1 aliphatic heterocycles. The Kier molecular flexibility index (Phi) is 6.47. The van der Waals surface area contributed by atoms with Crippen molar-refractivity contribution >= 4 is 18.0 Å². The molecule has 5 rings (SSSR count). The molecule has 2 N–H and O–H groups in total. The van der Waals surface area contributed by atoms with Gasteiger partial charge in [-0.2, -0.15) is 0 Å². The van der Waals surface area contributed by atoms with E-state index in [9.17, 15) is 14.4 Å². The Bertz CT molecular complexity index is 1080. The minimum atomic E-state index is -0.926. The summed E-state index contributed by atoms with van der Waals surface area (Å²) in [5, 5.41) is 12.0. The summed E-state index contributed by atoms with van der Waals surface area (Å²) in [6.45, 7) is 2.36. The van der Waals surface area contributed by atoms with E-state index in [-0.39, 0.29) is 25.0 Å². The molecular weight excluding hydrogens is 446 g/mol. The highest BCUT2D eigenvalue weighted by Crippen LogP contribution is 2.44. The molecule has 3 aliphatic rings. The first-order chi connectivity index (χ1) is 17.0. The second-order valence-electron chi connectivity index (χ2n) is 9.70. The predicted octanol–water partition coefficient (Wildman–Crippen LogP) is 3.07. The third-order valence-electron chi connectivity index (χ3n) is 7.54. The topological polar surface area (TPSA) is 99.2 Å². The van der Waals surface area contributed by atoms with Crippen LogP contribution in [-0.2, 0) is 14.3 Å². The standard InChI is InChI=1S/C27H31N3O5/c31-24(32)17-29-13-6-14-30(16-15-29)25(33)27(11-5-12-27)28-26(34)35-18-23-21-9-3-1-7-19(21)20-8-2-4-10-22(20)23/h1-4,7-10,23H,5-6,11-18H2,(H,28,34)(H,31,32). The average molecular weight is 478 g/mol. The number of nitrogens with zero attached hydrogens (tertiary/aromatic N) is 2. The molecule has 8 nitrogen and oxygen atoms in total. The molecule has 0 unspecified atom stereocenters. The van der Waals surface area contributed by atoms with Crippen LogP contribution in [0.1, 0.15) is 42.7 Å². The van der Waals surface area contributed by atoms with E-state index in [0.717, 1.165) is 17.5 Å². The van der Waals surface area contributed by atoms with Gasteiger partial charge in [-0.25, -0.2) is 4.79 Å². The van der Waals surface area contributed by atoms with Crippen LogP contribution in [0.5, 0.6) is 0 Å². The van der Waals surface area contributed by atoms with Gasteiger partial charge in [0, 0.05) is 32.1 Å². The van der Waals surface area contributed by atoms with E-state index in [1.165, 1.54) is 11.1 Å². The number of aliphatic carboxylic acids is 1. The highest BCUT2D eigenvalue weighted by Gasteiger charge is 2.48. The van der Waals surface area contributed by atoms with E-state index < -0.39 is 17.6 Å². The zero-order valence-corrected chi connectivity index (χ0v) is 19.7. The first-order valence-corrected chi connectivity index (χ1v) is 12.3. The van der Waals surface area contributed by atoms with E-state index in [1.54, 1.807) is 4.90 Å². The lowest BCUT2D eigenvalue weighted by atomic mass is 9.75. The van der Waals surface area contributed by atoms with E-state index in [1.807, 2.05) is 29.2 Å². The number of benzene rings is 2. The summed E-state index contributed by atoms with van der Waals surface area (Å²) in [5.74, 6) is -0.987. The zero-order valence-electron chi connectivity index (χ0n) is 19.7. The summed E-state index contributed by atoms with van der Waals surface area (Å²) in [5.41, 5.74) is 3.70. The number of fused-ring (bicyclic) bond motifs is 3. The summed E-state index contributed by atoms with van der Waals surface area (Å²) < 4.78 is 5.70. The summed E-state index contributed by atoms with van der Waals surface area (Å²) in [4.78, 5) is 41.0. The van der Waals surface area contributed by atoms with Gasteiger partial charge in [-0.3, -0.25) is 14.5 Å². The number of hydrogen-bond donors (Lipinski definition) is 2. The molecule has 2 aromatic carbocycles. The maximum atomic E-state index is 13.4. The Morgan fingerprint density at radius 2 is 1.57 bits per heavy atom. The second kappa shape index (κ2) is 9.70. The van der Waals surface area contributed by atoms with Crippen LogP contribution in [0.25, 0.3) is 11.1 Å². The van der Waals surface area contributed by atoms with Gasteiger partial charge in [0.15, 0.2) is 0 Å². The maximum absolute atomic E-state index is 13.4. The molecule has 2 amide bonds. The van der Waals surface area contributed by atoms with Gasteiger partial charge < -0.3 is 20.1 Å². The SMILES string of the molecule is O=C(O)CN1CCCN(C(=O)C2(NC(=O)OCC3c4ccccc4-c4ccccc43)CCC2)CC1. The van der Waals surface area contributed by atoms with Crippen molar-refractivity contribution in [1.29, 1.82) is 0 Å². The molecule has 0 spiro atoms. The van der Waals surface area contributed by atoms with Gasteiger partial charge in [-0.15, -0.1) is 0 Å². The molecule has 1 saturated carbocycles. The monoisotopic (exact) mass is 477 g/mol. The summed E-state index contributed by atoms with van der Waals surface area (Å²) in [6.07, 6.45) is 2.19. The van der Waals surface area contributed by atoms with Gasteiger partial charge in [-0.05, 0) is 47.9 Å². The fraction of sp³-hybridized carbons (Fsp3) is 0.444. The molecule has 2 aliphatic carbocycles. The van der Waals surface area contributed by atoms with Crippen molar-refractivity contribution in [3.8, 4) is 11.1 Å². The third kappa shape index (κ3) is 4.62. The van der Waals surface area contributed by atoms with Crippen LogP contribution in [0, 0.1) is 0 Å². The van der Waals surface area contributed by atoms with Gasteiger partial charge in [0.1, 0.15) is 12.1 Å². The van der Waals surface area contributed by atoms with E-state index in [2.05, 4.69) is 29.6 Å². The summed E-state index contributed by atoms with van der Waals surface area (Å²) in [6, 6.07) is 16.4. The van der Waals surface area contributed by atoms with Gasteiger partial charge >= 0.3 is 12.1 Å². The van der Waals surface area contributed by atoms with Crippen LogP contribution >= 0.6 is 0 Å². The van der Waals surface area contributed by atoms with Crippen molar-refractivity contribution in [1.82, 2.24) is 15.1 Å². The van der Waals surface area contributed by atoms with Crippen LogP contribution in [-0.4, -0.2) is 77.7 Å². The Labute approximate surface area is 204 Å². The second-order valence-corrected chi connectivity index (χ2v) is 9.70. The summed E-state index contributed by atoms with van der Waals surface area (Å²) >= 11 is 0. The van der Waals surface area contributed by atoms with Crippen LogP contribution in [0.15, 0.2) is 48.5 Å². The van der Waals surface area contributed by atoms with Crippen molar-refractivity contribution in [3.05, 3.63) is 59.7 Å². The van der Waals surface area contributed by atoms with Gasteiger partial charge in [0.25, 0.3) is 0 Å². The van der Waals surface area contributed by atoms with Crippen molar-refractivity contribution in [3.63, 3.8) is 0 Å². The van der Waals surface area contributed by atoms with Crippen molar-refractivity contribution in [2.45, 2.75) is 37.1 Å². The molecule has 2 aromatic rings.